The van der Waals surface area contributed by atoms with Crippen LogP contribution in [0.2, 0.25) is 0 Å². The van der Waals surface area contributed by atoms with Crippen molar-refractivity contribution in [2.75, 3.05) is 18.5 Å². The predicted octanol–water partition coefficient (Wildman–Crippen LogP) is 6.60. The van der Waals surface area contributed by atoms with Crippen molar-refractivity contribution in [3.63, 3.8) is 0 Å². The molecule has 7 nitrogen and oxygen atoms in total. The number of carbonyl (C=O) groups excluding carboxylic acids is 1. The van der Waals surface area contributed by atoms with E-state index < -0.39 is 17.8 Å². The van der Waals surface area contributed by atoms with Crippen LogP contribution >= 0.6 is 0 Å². The first-order chi connectivity index (χ1) is 17.2. The summed E-state index contributed by atoms with van der Waals surface area (Å²) in [6, 6.07) is 23.0. The molecule has 0 bridgehead atoms. The molecule has 0 aliphatic heterocycles. The standard InChI is InChI=1S/C29H32N2O5/c1-29(2,3)36-28(34)30-17-16-22-9-7-13-24(19-22)35-18-8-10-21-14-15-25(23-11-5-4-6-12-23)26(20-21)31-27(32)33/h4-15,19-20,31H,16-18H2,1-3H3,(H,30,34)(H,32,33). The Labute approximate surface area is 211 Å². The van der Waals surface area contributed by atoms with E-state index in [2.05, 4.69) is 10.6 Å². The first-order valence-corrected chi connectivity index (χ1v) is 11.7. The van der Waals surface area contributed by atoms with Crippen molar-refractivity contribution in [2.24, 2.45) is 0 Å². The quantitative estimate of drug-likeness (QED) is 0.315. The summed E-state index contributed by atoms with van der Waals surface area (Å²) in [6.07, 6.45) is 2.87. The number of benzene rings is 3. The van der Waals surface area contributed by atoms with Gasteiger partial charge in [0.1, 0.15) is 18.0 Å². The van der Waals surface area contributed by atoms with Crippen LogP contribution in [0.3, 0.4) is 0 Å². The number of anilines is 1. The van der Waals surface area contributed by atoms with E-state index in [0.717, 1.165) is 28.0 Å². The fourth-order valence-electron chi connectivity index (χ4n) is 3.50. The van der Waals surface area contributed by atoms with Gasteiger partial charge in [0.15, 0.2) is 0 Å². The zero-order chi connectivity index (χ0) is 26.0. The first-order valence-electron chi connectivity index (χ1n) is 11.7. The maximum atomic E-state index is 11.8. The van der Waals surface area contributed by atoms with Crippen LogP contribution < -0.4 is 15.4 Å². The minimum atomic E-state index is -1.11. The highest BCUT2D eigenvalue weighted by Crippen LogP contribution is 2.29. The lowest BCUT2D eigenvalue weighted by molar-refractivity contribution is 0.0528. The molecular formula is C29H32N2O5. The number of hydrogen-bond donors (Lipinski definition) is 3. The highest BCUT2D eigenvalue weighted by atomic mass is 16.6. The number of hydrogen-bond acceptors (Lipinski definition) is 4. The van der Waals surface area contributed by atoms with Crippen molar-refractivity contribution >= 4 is 23.9 Å². The summed E-state index contributed by atoms with van der Waals surface area (Å²) in [4.78, 5) is 23.1. The van der Waals surface area contributed by atoms with Crippen molar-refractivity contribution in [2.45, 2.75) is 32.8 Å². The normalized spacial score (nSPS) is 11.2. The summed E-state index contributed by atoms with van der Waals surface area (Å²) in [7, 11) is 0. The lowest BCUT2D eigenvalue weighted by Gasteiger charge is -2.19. The molecule has 3 rings (SSSR count). The maximum Gasteiger partial charge on any atom is 0.409 e. The second-order valence-electron chi connectivity index (χ2n) is 9.14. The van der Waals surface area contributed by atoms with Gasteiger partial charge in [0, 0.05) is 12.1 Å². The Bertz CT molecular complexity index is 1200. The number of ether oxygens (including phenoxy) is 2. The van der Waals surface area contributed by atoms with Crippen LogP contribution in [0.5, 0.6) is 5.75 Å². The van der Waals surface area contributed by atoms with Crippen LogP contribution in [-0.2, 0) is 11.2 Å². The van der Waals surface area contributed by atoms with E-state index in [1.807, 2.05) is 99.7 Å². The maximum absolute atomic E-state index is 11.8. The molecule has 0 atom stereocenters. The fourth-order valence-corrected chi connectivity index (χ4v) is 3.50. The Morgan fingerprint density at radius 3 is 2.47 bits per heavy atom. The molecule has 0 spiro atoms. The molecule has 3 aromatic rings. The van der Waals surface area contributed by atoms with Gasteiger partial charge in [-0.25, -0.2) is 9.59 Å². The van der Waals surface area contributed by atoms with Gasteiger partial charge in [0.25, 0.3) is 0 Å². The van der Waals surface area contributed by atoms with Crippen molar-refractivity contribution in [1.82, 2.24) is 5.32 Å². The molecule has 3 aromatic carbocycles. The topological polar surface area (TPSA) is 96.9 Å². The molecule has 0 heterocycles. The van der Waals surface area contributed by atoms with E-state index in [-0.39, 0.29) is 0 Å². The van der Waals surface area contributed by atoms with Crippen LogP contribution in [0.25, 0.3) is 17.2 Å². The Balaban J connectivity index is 1.55. The average Bonchev–Trinajstić information content (AvgIpc) is 2.81. The summed E-state index contributed by atoms with van der Waals surface area (Å²) in [5.74, 6) is 0.724. The van der Waals surface area contributed by atoms with E-state index in [1.165, 1.54) is 0 Å². The number of rotatable bonds is 9. The Hall–Kier alpha value is -4.26. The lowest BCUT2D eigenvalue weighted by Crippen LogP contribution is -2.33. The van der Waals surface area contributed by atoms with E-state index in [0.29, 0.717) is 25.3 Å². The first kappa shape index (κ1) is 26.3. The molecule has 0 saturated heterocycles. The van der Waals surface area contributed by atoms with E-state index in [1.54, 1.807) is 6.07 Å². The van der Waals surface area contributed by atoms with Gasteiger partial charge in [-0.15, -0.1) is 0 Å². The summed E-state index contributed by atoms with van der Waals surface area (Å²) < 4.78 is 11.1. The third-order valence-electron chi connectivity index (χ3n) is 5.01. The molecule has 0 fully saturated rings. The number of carbonyl (C=O) groups is 2. The van der Waals surface area contributed by atoms with Gasteiger partial charge < -0.3 is 19.9 Å². The summed E-state index contributed by atoms with van der Waals surface area (Å²) in [6.45, 7) is 6.29. The number of amides is 2. The van der Waals surface area contributed by atoms with Gasteiger partial charge in [-0.3, -0.25) is 5.32 Å². The van der Waals surface area contributed by atoms with Crippen molar-refractivity contribution in [3.05, 3.63) is 90.0 Å². The lowest BCUT2D eigenvalue weighted by atomic mass is 10.0. The molecule has 0 aliphatic carbocycles. The molecule has 3 N–H and O–H groups in total. The largest absolute Gasteiger partial charge is 0.490 e. The number of carboxylic acid groups (broad SMARTS) is 1. The van der Waals surface area contributed by atoms with Crippen LogP contribution in [0, 0.1) is 0 Å². The molecule has 188 valence electrons. The van der Waals surface area contributed by atoms with Crippen LogP contribution in [0.15, 0.2) is 78.9 Å². The molecule has 0 aliphatic rings. The molecule has 0 saturated carbocycles. The molecule has 0 unspecified atom stereocenters. The van der Waals surface area contributed by atoms with Crippen molar-refractivity contribution in [3.8, 4) is 16.9 Å². The minimum absolute atomic E-state index is 0.349. The zero-order valence-electron chi connectivity index (χ0n) is 20.8. The van der Waals surface area contributed by atoms with E-state index >= 15 is 0 Å². The molecular weight excluding hydrogens is 456 g/mol. The predicted molar refractivity (Wildman–Crippen MR) is 142 cm³/mol. The molecule has 7 heteroatoms. The Morgan fingerprint density at radius 2 is 1.75 bits per heavy atom. The fraction of sp³-hybridized carbons (Fsp3) is 0.241. The average molecular weight is 489 g/mol. The van der Waals surface area contributed by atoms with Gasteiger partial charge in [0.2, 0.25) is 0 Å². The summed E-state index contributed by atoms with van der Waals surface area (Å²) >= 11 is 0. The Morgan fingerprint density at radius 1 is 0.972 bits per heavy atom. The summed E-state index contributed by atoms with van der Waals surface area (Å²) in [5, 5.41) is 14.5. The second kappa shape index (κ2) is 12.4. The monoisotopic (exact) mass is 488 g/mol. The minimum Gasteiger partial charge on any atom is -0.490 e. The number of alkyl carbamates (subject to hydrolysis) is 1. The van der Waals surface area contributed by atoms with Crippen LogP contribution in [0.4, 0.5) is 15.3 Å². The number of nitrogens with one attached hydrogen (secondary N) is 2. The smallest absolute Gasteiger partial charge is 0.409 e. The van der Waals surface area contributed by atoms with Gasteiger partial charge in [0.05, 0.1) is 5.69 Å². The molecule has 0 aromatic heterocycles. The van der Waals surface area contributed by atoms with Gasteiger partial charge in [-0.05, 0) is 68.2 Å². The van der Waals surface area contributed by atoms with E-state index in [9.17, 15) is 14.7 Å². The van der Waals surface area contributed by atoms with Gasteiger partial charge in [-0.2, -0.15) is 0 Å². The Kier molecular flexibility index (Phi) is 9.11. The highest BCUT2D eigenvalue weighted by molar-refractivity contribution is 5.91. The van der Waals surface area contributed by atoms with Crippen molar-refractivity contribution in [1.29, 1.82) is 0 Å². The molecule has 36 heavy (non-hydrogen) atoms. The van der Waals surface area contributed by atoms with Crippen LogP contribution in [0.1, 0.15) is 31.9 Å². The molecule has 2 amide bonds. The van der Waals surface area contributed by atoms with Crippen LogP contribution in [-0.4, -0.2) is 36.0 Å². The zero-order valence-corrected chi connectivity index (χ0v) is 20.8. The third-order valence-corrected chi connectivity index (χ3v) is 5.01. The van der Waals surface area contributed by atoms with Gasteiger partial charge >= 0.3 is 12.2 Å². The highest BCUT2D eigenvalue weighted by Gasteiger charge is 2.15. The van der Waals surface area contributed by atoms with E-state index in [4.69, 9.17) is 9.47 Å². The molecule has 0 radical (unpaired) electrons. The second-order valence-corrected chi connectivity index (χ2v) is 9.14. The van der Waals surface area contributed by atoms with Crippen molar-refractivity contribution < 1.29 is 24.2 Å². The van der Waals surface area contributed by atoms with Gasteiger partial charge in [-0.1, -0.05) is 60.7 Å². The SMILES string of the molecule is CC(C)(C)OC(=O)NCCc1cccc(OCC=Cc2ccc(-c3ccccc3)c(NC(=O)O)c2)c1. The summed E-state index contributed by atoms with van der Waals surface area (Å²) in [5.41, 5.74) is 3.62. The third kappa shape index (κ3) is 8.83.